The molecule has 4 heteroatoms. The Hall–Kier alpha value is 2.19. The van der Waals surface area contributed by atoms with Gasteiger partial charge >= 0.3 is 0 Å². The van der Waals surface area contributed by atoms with Crippen LogP contribution < -0.4 is 0 Å². The molecule has 0 spiro atoms. The molecule has 0 heterocycles. The van der Waals surface area contributed by atoms with Crippen molar-refractivity contribution < 1.29 is 53.6 Å². The Kier molecular flexibility index (Phi) is 165. The fraction of sp³-hybridized carbons (Fsp3) is 0. The van der Waals surface area contributed by atoms with Crippen molar-refractivity contribution >= 4 is 17.4 Å². The predicted molar refractivity (Wildman–Crippen MR) is 9.94 cm³/mol. The summed E-state index contributed by atoms with van der Waals surface area (Å²) in [5.41, 5.74) is 0. The van der Waals surface area contributed by atoms with Gasteiger partial charge in [0.25, 0.3) is 0 Å². The molecule has 0 aromatic rings. The second kappa shape index (κ2) is 19.0. The number of hydrogen-bond acceptors (Lipinski definition) is 0. The maximum atomic E-state index is 0. The molecule has 0 N–H and O–H groups in total. The molecular weight excluding hydrogens is 203 g/mol. The van der Waals surface area contributed by atoms with E-state index < -0.39 is 0 Å². The third kappa shape index (κ3) is 8.89. The van der Waals surface area contributed by atoms with E-state index in [1.54, 1.807) is 0 Å². The van der Waals surface area contributed by atoms with Gasteiger partial charge in [-0.1, -0.05) is 0 Å². The molecule has 0 aliphatic heterocycles. The van der Waals surface area contributed by atoms with Gasteiger partial charge in [0.2, 0.25) is 0 Å². The quantitative estimate of drug-likeness (QED) is 0.437. The Labute approximate surface area is 70.3 Å². The van der Waals surface area contributed by atoms with E-state index in [-0.39, 0.29) is 71.0 Å². The molecule has 0 aromatic carbocycles. The van der Waals surface area contributed by atoms with Crippen LogP contribution in [0.2, 0.25) is 0 Å². The average Bonchev–Trinajstić information content (AvgIpc) is 0. The van der Waals surface area contributed by atoms with Crippen molar-refractivity contribution in [3.63, 3.8) is 0 Å². The molecule has 0 rings (SSSR count). The molecule has 0 atom stereocenters. The van der Waals surface area contributed by atoms with Gasteiger partial charge in [-0.2, -0.15) is 0 Å². The smallest absolute Gasteiger partial charge is 0 e. The van der Waals surface area contributed by atoms with E-state index >= 15 is 0 Å². The van der Waals surface area contributed by atoms with Crippen molar-refractivity contribution in [1.29, 1.82) is 0 Å². The first-order valence-electron chi connectivity index (χ1n) is 0. The molecule has 23 valence electrons. The third-order valence-corrected chi connectivity index (χ3v) is 0. The van der Waals surface area contributed by atoms with Crippen molar-refractivity contribution in [2.24, 2.45) is 0 Å². The molecule has 0 aliphatic rings. The van der Waals surface area contributed by atoms with E-state index in [0.717, 1.165) is 0 Å². The van der Waals surface area contributed by atoms with Crippen LogP contribution in [0.25, 0.3) is 0 Å². The Morgan fingerprint density at radius 1 is 1.00 bits per heavy atom. The van der Waals surface area contributed by atoms with Gasteiger partial charge in [-0.15, -0.1) is 0 Å². The van der Waals surface area contributed by atoms with E-state index in [9.17, 15) is 0 Å². The zero-order valence-corrected chi connectivity index (χ0v) is 6.73. The average molecular weight is 206 g/mol. The van der Waals surface area contributed by atoms with E-state index in [1.807, 2.05) is 0 Å². The normalized spacial score (nSPS) is 0. The second-order valence-electron chi connectivity index (χ2n) is 0. The minimum absolute atomic E-state index is 0. The summed E-state index contributed by atoms with van der Waals surface area (Å²) in [6.07, 6.45) is 0. The summed E-state index contributed by atoms with van der Waals surface area (Å²) in [5.74, 6) is 0. The Balaban J connectivity index is 0. The Bertz CT molecular complexity index is 8.00. The molecule has 0 unspecified atom stereocenters. The van der Waals surface area contributed by atoms with E-state index in [4.69, 9.17) is 0 Å². The molecule has 0 amide bonds. The first-order valence-corrected chi connectivity index (χ1v) is 0. The number of hydrogen-bond donors (Lipinski definition) is 0. The van der Waals surface area contributed by atoms with Gasteiger partial charge in [0.1, 0.15) is 0 Å². The first-order chi connectivity index (χ1) is 0. The van der Waals surface area contributed by atoms with Crippen molar-refractivity contribution in [2.45, 2.75) is 0 Å². The summed E-state index contributed by atoms with van der Waals surface area (Å²) in [6, 6.07) is 0. The largest absolute Gasteiger partial charge is 0.187 e. The third-order valence-electron chi connectivity index (χ3n) is 0. The van der Waals surface area contributed by atoms with Gasteiger partial charge in [0.05, 0.1) is 0 Å². The summed E-state index contributed by atoms with van der Waals surface area (Å²) in [7, 11) is 0. The molecule has 0 fully saturated rings. The Morgan fingerprint density at radius 2 is 1.00 bits per heavy atom. The van der Waals surface area contributed by atoms with Crippen LogP contribution >= 0.6 is 0 Å². The van der Waals surface area contributed by atoms with Gasteiger partial charge in [-0.05, 0) is 0 Å². The number of rotatable bonds is 0. The first kappa shape index (κ1) is 34.7. The second-order valence-corrected chi connectivity index (χ2v) is 0. The van der Waals surface area contributed by atoms with Crippen molar-refractivity contribution in [3.05, 3.63) is 0 Å². The molecule has 0 saturated heterocycles. The van der Waals surface area contributed by atoms with Crippen molar-refractivity contribution in [3.8, 4) is 0 Å². The molecule has 0 saturated carbocycles. The van der Waals surface area contributed by atoms with Crippen LogP contribution in [0.4, 0.5) is 0 Å². The van der Waals surface area contributed by atoms with Crippen molar-refractivity contribution in [2.75, 3.05) is 0 Å². The molecule has 0 nitrogen and oxygen atoms in total. The van der Waals surface area contributed by atoms with Crippen molar-refractivity contribution in [1.82, 2.24) is 0 Å². The minimum Gasteiger partial charge on any atom is 0 e. The predicted octanol–water partition coefficient (Wildman–Crippen LogP) is -1.19. The van der Waals surface area contributed by atoms with Crippen LogP contribution in [0, 0.1) is 0 Å². The SMILES string of the molecule is [AlH3].[Co].[Cr].[Zn]. The van der Waals surface area contributed by atoms with Crippen LogP contribution in [-0.4, -0.2) is 17.4 Å². The molecular formula is H3AlCoCrZn. The zero-order chi connectivity index (χ0) is 0. The van der Waals surface area contributed by atoms with Crippen LogP contribution in [0.1, 0.15) is 0 Å². The van der Waals surface area contributed by atoms with Crippen LogP contribution in [0.15, 0.2) is 0 Å². The van der Waals surface area contributed by atoms with E-state index in [2.05, 4.69) is 0 Å². The molecule has 4 heavy (non-hydrogen) atoms. The fourth-order valence-electron chi connectivity index (χ4n) is 0. The van der Waals surface area contributed by atoms with E-state index in [0.29, 0.717) is 0 Å². The molecule has 0 aliphatic carbocycles. The fourth-order valence-corrected chi connectivity index (χ4v) is 0. The van der Waals surface area contributed by atoms with Gasteiger partial charge in [0.15, 0.2) is 17.4 Å². The monoisotopic (exact) mass is 205 g/mol. The van der Waals surface area contributed by atoms with E-state index in [1.165, 1.54) is 0 Å². The summed E-state index contributed by atoms with van der Waals surface area (Å²) in [6.45, 7) is 0. The maximum Gasteiger partial charge on any atom is 0.187 e. The summed E-state index contributed by atoms with van der Waals surface area (Å²) >= 11 is 0. The maximum absolute atomic E-state index is 0. The van der Waals surface area contributed by atoms with Gasteiger partial charge in [0, 0.05) is 53.6 Å². The van der Waals surface area contributed by atoms with Gasteiger partial charge in [-0.25, -0.2) is 0 Å². The van der Waals surface area contributed by atoms with Gasteiger partial charge < -0.3 is 0 Å². The summed E-state index contributed by atoms with van der Waals surface area (Å²) in [4.78, 5) is 0. The Morgan fingerprint density at radius 3 is 1.00 bits per heavy atom. The molecule has 0 bridgehead atoms. The summed E-state index contributed by atoms with van der Waals surface area (Å²) in [5, 5.41) is 0. The van der Waals surface area contributed by atoms with Crippen LogP contribution in [0.3, 0.4) is 0 Å². The van der Waals surface area contributed by atoms with Crippen LogP contribution in [-0.2, 0) is 53.6 Å². The van der Waals surface area contributed by atoms with Gasteiger partial charge in [-0.3, -0.25) is 0 Å². The molecule has 1 radical (unpaired) electrons. The molecule has 0 aromatic heterocycles. The minimum atomic E-state index is 0. The zero-order valence-electron chi connectivity index (χ0n) is 1.45. The summed E-state index contributed by atoms with van der Waals surface area (Å²) < 4.78 is 0. The topological polar surface area (TPSA) is 0 Å². The standard InChI is InChI=1S/Al.Co.Cr.Zn.3H. The van der Waals surface area contributed by atoms with Crippen LogP contribution in [0.5, 0.6) is 0 Å².